The molecule has 0 radical (unpaired) electrons. The Morgan fingerprint density at radius 1 is 1.26 bits per heavy atom. The van der Waals surface area contributed by atoms with Crippen LogP contribution in [0.15, 0.2) is 0 Å². The van der Waals surface area contributed by atoms with E-state index in [-0.39, 0.29) is 5.78 Å². The zero-order valence-electron chi connectivity index (χ0n) is 11.6. The Hall–Kier alpha value is -1.59. The number of ketones is 1. The van der Waals surface area contributed by atoms with Gasteiger partial charge in [0, 0.05) is 0 Å². The molecular formula is C13H19NO5. The van der Waals surface area contributed by atoms with Crippen molar-refractivity contribution in [3.05, 3.63) is 0 Å². The van der Waals surface area contributed by atoms with Gasteiger partial charge < -0.3 is 9.47 Å². The molecule has 0 aliphatic carbocycles. The van der Waals surface area contributed by atoms with Crippen LogP contribution in [0.1, 0.15) is 33.6 Å². The molecular weight excluding hydrogens is 250 g/mol. The minimum atomic E-state index is -0.851. The van der Waals surface area contributed by atoms with Crippen LogP contribution in [0.5, 0.6) is 0 Å². The standard InChI is InChI=1S/C13H19NO5/c1-13(2,3)19-12(17)14-7-5-6-8(14)10(15)9(7)11(16)18-4/h7-9H,5-6H2,1-4H3/t7-,8+,9?/m1/s1. The molecule has 2 fully saturated rings. The highest BCUT2D eigenvalue weighted by Gasteiger charge is 2.58. The van der Waals surface area contributed by atoms with Gasteiger partial charge >= 0.3 is 12.1 Å². The maximum atomic E-state index is 12.1. The van der Waals surface area contributed by atoms with Gasteiger partial charge in [0.2, 0.25) is 0 Å². The van der Waals surface area contributed by atoms with Gasteiger partial charge in [-0.2, -0.15) is 0 Å². The molecule has 1 amide bonds. The van der Waals surface area contributed by atoms with E-state index in [4.69, 9.17) is 4.74 Å². The maximum absolute atomic E-state index is 12.1. The molecule has 0 spiro atoms. The summed E-state index contributed by atoms with van der Waals surface area (Å²) in [6, 6.07) is -0.955. The summed E-state index contributed by atoms with van der Waals surface area (Å²) >= 11 is 0. The second kappa shape index (κ2) is 4.51. The second-order valence-electron chi connectivity index (χ2n) is 5.95. The number of ether oxygens (including phenoxy) is 2. The van der Waals surface area contributed by atoms with E-state index >= 15 is 0 Å². The van der Waals surface area contributed by atoms with Crippen molar-refractivity contribution in [2.24, 2.45) is 5.92 Å². The number of hydrogen-bond acceptors (Lipinski definition) is 5. The molecule has 0 aromatic carbocycles. The highest BCUT2D eigenvalue weighted by atomic mass is 16.6. The van der Waals surface area contributed by atoms with Crippen molar-refractivity contribution < 1.29 is 23.9 Å². The summed E-state index contributed by atoms with van der Waals surface area (Å²) in [6.07, 6.45) is 0.700. The fourth-order valence-electron chi connectivity index (χ4n) is 2.82. The third-order valence-corrected chi connectivity index (χ3v) is 3.51. The van der Waals surface area contributed by atoms with Gasteiger partial charge in [-0.05, 0) is 33.6 Å². The van der Waals surface area contributed by atoms with Crippen LogP contribution >= 0.6 is 0 Å². The summed E-state index contributed by atoms with van der Waals surface area (Å²) in [5, 5.41) is 0. The number of esters is 1. The molecule has 2 heterocycles. The van der Waals surface area contributed by atoms with E-state index in [1.54, 1.807) is 20.8 Å². The van der Waals surface area contributed by atoms with Crippen LogP contribution in [0, 0.1) is 5.92 Å². The molecule has 0 N–H and O–H groups in total. The average molecular weight is 269 g/mol. The number of carbonyl (C=O) groups excluding carboxylic acids is 3. The summed E-state index contributed by atoms with van der Waals surface area (Å²) in [5.74, 6) is -1.64. The van der Waals surface area contributed by atoms with E-state index in [0.29, 0.717) is 12.8 Å². The molecule has 2 rings (SSSR count). The maximum Gasteiger partial charge on any atom is 0.411 e. The van der Waals surface area contributed by atoms with Crippen molar-refractivity contribution in [2.45, 2.75) is 51.3 Å². The van der Waals surface area contributed by atoms with E-state index in [1.807, 2.05) is 0 Å². The quantitative estimate of drug-likeness (QED) is 0.527. The number of fused-ring (bicyclic) bond motifs is 2. The number of hydrogen-bond donors (Lipinski definition) is 0. The Kier molecular flexibility index (Phi) is 3.28. The Morgan fingerprint density at radius 2 is 1.89 bits per heavy atom. The van der Waals surface area contributed by atoms with Gasteiger partial charge in [-0.3, -0.25) is 14.5 Å². The van der Waals surface area contributed by atoms with E-state index < -0.39 is 35.7 Å². The normalized spacial score (nSPS) is 29.6. The fraction of sp³-hybridized carbons (Fsp3) is 0.769. The lowest BCUT2D eigenvalue weighted by Gasteiger charge is -2.27. The molecule has 2 saturated heterocycles. The first kappa shape index (κ1) is 13.8. The van der Waals surface area contributed by atoms with Crippen LogP contribution in [-0.4, -0.2) is 47.5 Å². The second-order valence-corrected chi connectivity index (χ2v) is 5.95. The Balaban J connectivity index is 2.19. The van der Waals surface area contributed by atoms with Crippen LogP contribution in [0.2, 0.25) is 0 Å². The van der Waals surface area contributed by atoms with Crippen LogP contribution in [-0.2, 0) is 19.1 Å². The predicted molar refractivity (Wildman–Crippen MR) is 65.4 cm³/mol. The van der Waals surface area contributed by atoms with Crippen molar-refractivity contribution >= 4 is 17.8 Å². The predicted octanol–water partition coefficient (Wildman–Crippen LogP) is 1.13. The summed E-state index contributed by atoms with van der Waals surface area (Å²) in [5.41, 5.74) is -0.622. The minimum Gasteiger partial charge on any atom is -0.468 e. The SMILES string of the molecule is COC(=O)C1C(=O)[C@@H]2CC[C@H]1N2C(=O)OC(C)(C)C. The van der Waals surface area contributed by atoms with Crippen LogP contribution in [0.25, 0.3) is 0 Å². The molecule has 2 aliphatic heterocycles. The molecule has 3 atom stereocenters. The lowest BCUT2D eigenvalue weighted by atomic mass is 9.88. The number of methoxy groups -OCH3 is 1. The summed E-state index contributed by atoms with van der Waals surface area (Å²) in [6.45, 7) is 5.30. The number of carbonyl (C=O) groups is 3. The molecule has 1 unspecified atom stereocenters. The molecule has 0 aromatic rings. The van der Waals surface area contributed by atoms with Gasteiger partial charge in [0.1, 0.15) is 11.5 Å². The molecule has 6 nitrogen and oxygen atoms in total. The first-order valence-electron chi connectivity index (χ1n) is 6.39. The molecule has 106 valence electrons. The highest BCUT2D eigenvalue weighted by molar-refractivity contribution is 6.07. The summed E-state index contributed by atoms with van der Waals surface area (Å²) in [7, 11) is 1.25. The van der Waals surface area contributed by atoms with Gasteiger partial charge in [-0.25, -0.2) is 4.79 Å². The average Bonchev–Trinajstić information content (AvgIpc) is 2.81. The lowest BCUT2D eigenvalue weighted by Crippen LogP contribution is -2.41. The van der Waals surface area contributed by atoms with Crippen LogP contribution in [0.3, 0.4) is 0 Å². The van der Waals surface area contributed by atoms with Crippen LogP contribution < -0.4 is 0 Å². The first-order chi connectivity index (χ1) is 8.76. The van der Waals surface area contributed by atoms with Gasteiger partial charge in [-0.1, -0.05) is 0 Å². The third-order valence-electron chi connectivity index (χ3n) is 3.51. The highest BCUT2D eigenvalue weighted by Crippen LogP contribution is 2.40. The van der Waals surface area contributed by atoms with Gasteiger partial charge in [0.15, 0.2) is 5.78 Å². The van der Waals surface area contributed by atoms with E-state index in [1.165, 1.54) is 12.0 Å². The van der Waals surface area contributed by atoms with Crippen molar-refractivity contribution in [3.8, 4) is 0 Å². The van der Waals surface area contributed by atoms with Gasteiger partial charge in [0.25, 0.3) is 0 Å². The number of Topliss-reactive ketones (excluding diaryl/α,β-unsaturated/α-hetero) is 1. The van der Waals surface area contributed by atoms with E-state index in [0.717, 1.165) is 0 Å². The summed E-state index contributed by atoms with van der Waals surface area (Å²) < 4.78 is 9.94. The minimum absolute atomic E-state index is 0.228. The summed E-state index contributed by atoms with van der Waals surface area (Å²) in [4.78, 5) is 37.3. The van der Waals surface area contributed by atoms with Crippen LogP contribution in [0.4, 0.5) is 4.79 Å². The van der Waals surface area contributed by atoms with Crippen molar-refractivity contribution in [1.29, 1.82) is 0 Å². The molecule has 0 aromatic heterocycles. The lowest BCUT2D eigenvalue weighted by molar-refractivity contribution is -0.149. The van der Waals surface area contributed by atoms with Crippen molar-refractivity contribution in [3.63, 3.8) is 0 Å². The fourth-order valence-corrected chi connectivity index (χ4v) is 2.82. The topological polar surface area (TPSA) is 72.9 Å². The Labute approximate surface area is 112 Å². The van der Waals surface area contributed by atoms with Gasteiger partial charge in [0.05, 0.1) is 19.2 Å². The number of rotatable bonds is 1. The molecule has 0 saturated carbocycles. The largest absolute Gasteiger partial charge is 0.468 e. The van der Waals surface area contributed by atoms with E-state index in [2.05, 4.69) is 4.74 Å². The Bertz CT molecular complexity index is 425. The molecule has 2 aliphatic rings. The van der Waals surface area contributed by atoms with Crippen molar-refractivity contribution in [2.75, 3.05) is 7.11 Å². The molecule has 2 bridgehead atoms. The zero-order valence-corrected chi connectivity index (χ0v) is 11.6. The molecule has 6 heteroatoms. The van der Waals surface area contributed by atoms with Crippen molar-refractivity contribution in [1.82, 2.24) is 4.90 Å². The van der Waals surface area contributed by atoms with E-state index in [9.17, 15) is 14.4 Å². The smallest absolute Gasteiger partial charge is 0.411 e. The van der Waals surface area contributed by atoms with Gasteiger partial charge in [-0.15, -0.1) is 0 Å². The number of amides is 1. The Morgan fingerprint density at radius 3 is 2.42 bits per heavy atom. The third kappa shape index (κ3) is 2.31. The first-order valence-corrected chi connectivity index (χ1v) is 6.39. The zero-order chi connectivity index (χ0) is 14.4. The molecule has 19 heavy (non-hydrogen) atoms. The number of nitrogens with zero attached hydrogens (tertiary/aromatic N) is 1. The monoisotopic (exact) mass is 269 g/mol.